The predicted octanol–water partition coefficient (Wildman–Crippen LogP) is 10.5. The number of aryl methyl sites for hydroxylation is 1. The minimum Gasteiger partial charge on any atom is -0.493 e. The highest BCUT2D eigenvalue weighted by atomic mass is 32.1. The van der Waals surface area contributed by atoms with E-state index >= 15 is 4.39 Å². The minimum absolute atomic E-state index is 0.304. The highest BCUT2D eigenvalue weighted by Gasteiger charge is 2.21. The SMILES string of the molecule is CCCc1ccc(-c2ccc(-c3cc4ccc(OCC5CCC(CCC)CC5)cc4s3)c(F)c2)c(F)c1. The zero-order valence-corrected chi connectivity index (χ0v) is 22.7. The summed E-state index contributed by atoms with van der Waals surface area (Å²) in [5.41, 5.74) is 2.50. The number of thiophene rings is 1. The van der Waals surface area contributed by atoms with Crippen molar-refractivity contribution in [1.29, 1.82) is 0 Å². The molecule has 0 N–H and O–H groups in total. The Labute approximate surface area is 223 Å². The van der Waals surface area contributed by atoms with Crippen LogP contribution in [0.15, 0.2) is 60.7 Å². The van der Waals surface area contributed by atoms with Crippen molar-refractivity contribution in [3.63, 3.8) is 0 Å². The van der Waals surface area contributed by atoms with Crippen LogP contribution in [0.4, 0.5) is 8.78 Å². The molecular weight excluding hydrogens is 482 g/mol. The monoisotopic (exact) mass is 518 g/mol. The van der Waals surface area contributed by atoms with E-state index in [2.05, 4.69) is 26.0 Å². The molecule has 1 heterocycles. The molecule has 0 unspecified atom stereocenters. The zero-order valence-electron chi connectivity index (χ0n) is 21.9. The first kappa shape index (κ1) is 25.9. The van der Waals surface area contributed by atoms with Gasteiger partial charge >= 0.3 is 0 Å². The Hall–Kier alpha value is -2.72. The predicted molar refractivity (Wildman–Crippen MR) is 152 cm³/mol. The molecule has 0 bridgehead atoms. The second kappa shape index (κ2) is 11.8. The molecule has 0 atom stereocenters. The van der Waals surface area contributed by atoms with Crippen LogP contribution in [-0.4, -0.2) is 6.61 Å². The Morgan fingerprint density at radius 3 is 2.27 bits per heavy atom. The Bertz CT molecular complexity index is 1350. The molecule has 3 aromatic carbocycles. The van der Waals surface area contributed by atoms with Crippen molar-refractivity contribution in [2.24, 2.45) is 11.8 Å². The third kappa shape index (κ3) is 6.06. The molecule has 0 radical (unpaired) electrons. The molecule has 4 heteroatoms. The maximum atomic E-state index is 15.2. The van der Waals surface area contributed by atoms with Gasteiger partial charge in [0.2, 0.25) is 0 Å². The molecule has 0 amide bonds. The lowest BCUT2D eigenvalue weighted by Gasteiger charge is -2.28. The van der Waals surface area contributed by atoms with Crippen molar-refractivity contribution >= 4 is 21.4 Å². The molecule has 1 aliphatic carbocycles. The topological polar surface area (TPSA) is 9.23 Å². The van der Waals surface area contributed by atoms with Crippen molar-refractivity contribution < 1.29 is 13.5 Å². The number of halogens is 2. The molecule has 0 saturated heterocycles. The van der Waals surface area contributed by atoms with Crippen LogP contribution in [0.25, 0.3) is 31.7 Å². The number of rotatable bonds is 9. The summed E-state index contributed by atoms with van der Waals surface area (Å²) in [6.45, 7) is 5.12. The lowest BCUT2D eigenvalue weighted by atomic mass is 9.80. The lowest BCUT2D eigenvalue weighted by molar-refractivity contribution is 0.179. The number of ether oxygens (including phenoxy) is 1. The highest BCUT2D eigenvalue weighted by Crippen LogP contribution is 2.38. The van der Waals surface area contributed by atoms with Gasteiger partial charge in [0.05, 0.1) is 6.61 Å². The van der Waals surface area contributed by atoms with E-state index in [-0.39, 0.29) is 11.6 Å². The number of fused-ring (bicyclic) bond motifs is 1. The third-order valence-electron chi connectivity index (χ3n) is 7.76. The van der Waals surface area contributed by atoms with E-state index in [0.717, 1.165) is 51.6 Å². The van der Waals surface area contributed by atoms with Gasteiger partial charge < -0.3 is 4.74 Å². The smallest absolute Gasteiger partial charge is 0.132 e. The first-order valence-electron chi connectivity index (χ1n) is 13.8. The molecule has 194 valence electrons. The average molecular weight is 519 g/mol. The summed E-state index contributed by atoms with van der Waals surface area (Å²) in [6.07, 6.45) is 9.63. The van der Waals surface area contributed by atoms with Gasteiger partial charge in [-0.15, -0.1) is 11.3 Å². The third-order valence-corrected chi connectivity index (χ3v) is 8.89. The molecule has 1 nitrogen and oxygen atoms in total. The van der Waals surface area contributed by atoms with Crippen molar-refractivity contribution in [2.45, 2.75) is 65.2 Å². The second-order valence-corrected chi connectivity index (χ2v) is 11.6. The second-order valence-electron chi connectivity index (χ2n) is 10.6. The number of hydrogen-bond donors (Lipinski definition) is 0. The van der Waals surface area contributed by atoms with Crippen LogP contribution in [0.2, 0.25) is 0 Å². The van der Waals surface area contributed by atoms with Gasteiger partial charge in [-0.1, -0.05) is 64.2 Å². The van der Waals surface area contributed by atoms with Crippen molar-refractivity contribution in [2.75, 3.05) is 6.61 Å². The lowest BCUT2D eigenvalue weighted by Crippen LogP contribution is -2.20. The summed E-state index contributed by atoms with van der Waals surface area (Å²) in [5, 5.41) is 1.08. The van der Waals surface area contributed by atoms with Gasteiger partial charge in [0.25, 0.3) is 0 Å². The van der Waals surface area contributed by atoms with E-state index in [1.807, 2.05) is 24.3 Å². The molecular formula is C33H36F2OS. The van der Waals surface area contributed by atoms with E-state index in [4.69, 9.17) is 4.74 Å². The first-order valence-corrected chi connectivity index (χ1v) is 14.6. The van der Waals surface area contributed by atoms with Gasteiger partial charge in [-0.2, -0.15) is 0 Å². The van der Waals surface area contributed by atoms with Crippen LogP contribution in [0, 0.1) is 23.5 Å². The zero-order chi connectivity index (χ0) is 25.8. The fourth-order valence-electron chi connectivity index (χ4n) is 5.66. The molecule has 0 aliphatic heterocycles. The Morgan fingerprint density at radius 1 is 0.784 bits per heavy atom. The average Bonchev–Trinajstić information content (AvgIpc) is 3.32. The van der Waals surface area contributed by atoms with Gasteiger partial charge in [0.15, 0.2) is 0 Å². The maximum absolute atomic E-state index is 15.2. The van der Waals surface area contributed by atoms with Gasteiger partial charge in [-0.05, 0) is 90.1 Å². The van der Waals surface area contributed by atoms with Crippen LogP contribution in [0.5, 0.6) is 5.75 Å². The standard InChI is InChI=1S/C33H36F2OS/c1-3-5-22-7-9-24(10-8-22)21-36-27-14-12-26-19-33(37-32(26)20-27)29-16-13-25(18-31(29)35)28-15-11-23(6-4-2)17-30(28)34/h11-20,22,24H,3-10,21H2,1-2H3. The van der Waals surface area contributed by atoms with E-state index in [9.17, 15) is 4.39 Å². The van der Waals surface area contributed by atoms with E-state index < -0.39 is 0 Å². The fourth-order valence-corrected chi connectivity index (χ4v) is 6.78. The Kier molecular flexibility index (Phi) is 8.24. The quantitative estimate of drug-likeness (QED) is 0.214. The van der Waals surface area contributed by atoms with Crippen LogP contribution >= 0.6 is 11.3 Å². The first-order chi connectivity index (χ1) is 18.0. The fraction of sp³-hybridized carbons (Fsp3) is 0.394. The van der Waals surface area contributed by atoms with E-state index in [1.165, 1.54) is 44.6 Å². The molecule has 5 rings (SSSR count). The molecule has 1 saturated carbocycles. The number of benzene rings is 3. The minimum atomic E-state index is -0.337. The summed E-state index contributed by atoms with van der Waals surface area (Å²) in [5.74, 6) is 1.79. The molecule has 1 aromatic heterocycles. The summed E-state index contributed by atoms with van der Waals surface area (Å²) < 4.78 is 37.2. The van der Waals surface area contributed by atoms with Crippen molar-refractivity contribution in [1.82, 2.24) is 0 Å². The maximum Gasteiger partial charge on any atom is 0.132 e. The summed E-state index contributed by atoms with van der Waals surface area (Å²) in [6, 6.07) is 18.4. The van der Waals surface area contributed by atoms with Crippen LogP contribution < -0.4 is 4.74 Å². The molecule has 1 aliphatic rings. The summed E-state index contributed by atoms with van der Waals surface area (Å²) in [7, 11) is 0. The van der Waals surface area contributed by atoms with Crippen molar-refractivity contribution in [3.05, 3.63) is 77.9 Å². The van der Waals surface area contributed by atoms with E-state index in [0.29, 0.717) is 22.6 Å². The molecule has 4 aromatic rings. The largest absolute Gasteiger partial charge is 0.493 e. The van der Waals surface area contributed by atoms with E-state index in [1.54, 1.807) is 29.5 Å². The Balaban J connectivity index is 1.28. The molecule has 37 heavy (non-hydrogen) atoms. The van der Waals surface area contributed by atoms with Crippen molar-refractivity contribution in [3.8, 4) is 27.3 Å². The summed E-state index contributed by atoms with van der Waals surface area (Å²) in [4.78, 5) is 0.865. The van der Waals surface area contributed by atoms with Gasteiger partial charge in [0, 0.05) is 20.7 Å². The molecule has 0 spiro atoms. The van der Waals surface area contributed by atoms with Crippen LogP contribution in [-0.2, 0) is 6.42 Å². The Morgan fingerprint density at radius 2 is 1.54 bits per heavy atom. The summed E-state index contributed by atoms with van der Waals surface area (Å²) >= 11 is 1.56. The van der Waals surface area contributed by atoms with Crippen LogP contribution in [0.1, 0.15) is 64.4 Å². The van der Waals surface area contributed by atoms with Gasteiger partial charge in [-0.25, -0.2) is 8.78 Å². The normalized spacial score (nSPS) is 17.8. The van der Waals surface area contributed by atoms with Gasteiger partial charge in [0.1, 0.15) is 17.4 Å². The number of hydrogen-bond acceptors (Lipinski definition) is 2. The molecule has 1 fully saturated rings. The van der Waals surface area contributed by atoms with Crippen LogP contribution in [0.3, 0.4) is 0 Å². The highest BCUT2D eigenvalue weighted by molar-refractivity contribution is 7.22. The van der Waals surface area contributed by atoms with Gasteiger partial charge in [-0.3, -0.25) is 0 Å².